The predicted octanol–water partition coefficient (Wildman–Crippen LogP) is 5.08. The Morgan fingerprint density at radius 3 is 2.92 bits per heavy atom. The van der Waals surface area contributed by atoms with Gasteiger partial charge in [-0.05, 0) is 31.0 Å². The number of carbonyl (C=O) groups is 1. The van der Waals surface area contributed by atoms with Crippen molar-refractivity contribution in [3.63, 3.8) is 0 Å². The second-order valence-corrected chi connectivity index (χ2v) is 7.23. The summed E-state index contributed by atoms with van der Waals surface area (Å²) >= 11 is 1.43. The van der Waals surface area contributed by atoms with E-state index in [1.165, 1.54) is 17.8 Å². The fraction of sp³-hybridized carbons (Fsp3) is 0.368. The Labute approximate surface area is 150 Å². The SMILES string of the molecule is COc1ccc2cc(-c3csc(NC(=O)C4CCCCC4)n3)oc2c1. The maximum Gasteiger partial charge on any atom is 0.229 e. The highest BCUT2D eigenvalue weighted by Gasteiger charge is 2.22. The predicted molar refractivity (Wildman–Crippen MR) is 99.1 cm³/mol. The van der Waals surface area contributed by atoms with Crippen molar-refractivity contribution in [2.24, 2.45) is 5.92 Å². The zero-order valence-corrected chi connectivity index (χ0v) is 14.9. The Morgan fingerprint density at radius 1 is 1.28 bits per heavy atom. The number of anilines is 1. The molecule has 6 heteroatoms. The smallest absolute Gasteiger partial charge is 0.229 e. The fourth-order valence-corrected chi connectivity index (χ4v) is 3.98. The molecule has 1 fully saturated rings. The van der Waals surface area contributed by atoms with Gasteiger partial charge in [0.05, 0.1) is 7.11 Å². The Balaban J connectivity index is 1.51. The van der Waals surface area contributed by atoms with Crippen LogP contribution < -0.4 is 10.1 Å². The monoisotopic (exact) mass is 356 g/mol. The molecule has 0 unspecified atom stereocenters. The molecule has 0 spiro atoms. The van der Waals surface area contributed by atoms with Crippen LogP contribution in [-0.4, -0.2) is 18.0 Å². The van der Waals surface area contributed by atoms with Crippen LogP contribution in [0.5, 0.6) is 5.75 Å². The number of carbonyl (C=O) groups excluding carboxylic acids is 1. The van der Waals surface area contributed by atoms with Crippen LogP contribution in [0, 0.1) is 5.92 Å². The highest BCUT2D eigenvalue weighted by molar-refractivity contribution is 7.14. The summed E-state index contributed by atoms with van der Waals surface area (Å²) in [5.41, 5.74) is 1.49. The summed E-state index contributed by atoms with van der Waals surface area (Å²) in [6.45, 7) is 0. The molecule has 0 radical (unpaired) electrons. The first-order valence-electron chi connectivity index (χ1n) is 8.57. The normalized spacial score (nSPS) is 15.4. The molecule has 3 aromatic rings. The summed E-state index contributed by atoms with van der Waals surface area (Å²) in [4.78, 5) is 16.9. The first-order chi connectivity index (χ1) is 12.2. The summed E-state index contributed by atoms with van der Waals surface area (Å²) in [6.07, 6.45) is 5.49. The Hall–Kier alpha value is -2.34. The highest BCUT2D eigenvalue weighted by atomic mass is 32.1. The molecular weight excluding hydrogens is 336 g/mol. The highest BCUT2D eigenvalue weighted by Crippen LogP contribution is 2.32. The zero-order chi connectivity index (χ0) is 17.2. The van der Waals surface area contributed by atoms with Crippen molar-refractivity contribution in [3.8, 4) is 17.2 Å². The number of ether oxygens (including phenoxy) is 1. The van der Waals surface area contributed by atoms with Crippen LogP contribution in [0.1, 0.15) is 32.1 Å². The van der Waals surface area contributed by atoms with Gasteiger partial charge in [0, 0.05) is 22.8 Å². The van der Waals surface area contributed by atoms with Crippen molar-refractivity contribution in [2.45, 2.75) is 32.1 Å². The van der Waals surface area contributed by atoms with Crippen LogP contribution >= 0.6 is 11.3 Å². The van der Waals surface area contributed by atoms with Crippen LogP contribution in [0.15, 0.2) is 34.1 Å². The minimum Gasteiger partial charge on any atom is -0.497 e. The Kier molecular flexibility index (Phi) is 4.44. The number of rotatable bonds is 4. The van der Waals surface area contributed by atoms with Crippen molar-refractivity contribution in [1.29, 1.82) is 0 Å². The average Bonchev–Trinajstić information content (AvgIpc) is 3.28. The van der Waals surface area contributed by atoms with Crippen LogP contribution in [0.3, 0.4) is 0 Å². The average molecular weight is 356 g/mol. The third-order valence-electron chi connectivity index (χ3n) is 4.69. The number of furan rings is 1. The number of fused-ring (bicyclic) bond motifs is 1. The van der Waals surface area contributed by atoms with Crippen LogP contribution in [0.25, 0.3) is 22.4 Å². The number of benzene rings is 1. The van der Waals surface area contributed by atoms with Gasteiger partial charge in [-0.15, -0.1) is 11.3 Å². The second kappa shape index (κ2) is 6.88. The van der Waals surface area contributed by atoms with Gasteiger partial charge in [0.25, 0.3) is 0 Å². The number of nitrogens with one attached hydrogen (secondary N) is 1. The van der Waals surface area contributed by atoms with E-state index in [9.17, 15) is 4.79 Å². The van der Waals surface area contributed by atoms with Crippen molar-refractivity contribution in [1.82, 2.24) is 4.98 Å². The lowest BCUT2D eigenvalue weighted by Crippen LogP contribution is -2.24. The van der Waals surface area contributed by atoms with Crippen LogP contribution in [0.4, 0.5) is 5.13 Å². The zero-order valence-electron chi connectivity index (χ0n) is 14.1. The number of hydrogen-bond donors (Lipinski definition) is 1. The molecule has 1 aliphatic rings. The summed E-state index contributed by atoms with van der Waals surface area (Å²) in [6, 6.07) is 7.67. The molecule has 0 aliphatic heterocycles. The van der Waals surface area contributed by atoms with E-state index in [4.69, 9.17) is 9.15 Å². The lowest BCUT2D eigenvalue weighted by Gasteiger charge is -2.19. The molecule has 1 N–H and O–H groups in total. The molecule has 25 heavy (non-hydrogen) atoms. The lowest BCUT2D eigenvalue weighted by atomic mass is 9.89. The minimum absolute atomic E-state index is 0.0925. The molecule has 1 amide bonds. The molecule has 4 rings (SSSR count). The molecule has 1 aromatic carbocycles. The molecule has 2 aromatic heterocycles. The maximum absolute atomic E-state index is 12.3. The first kappa shape index (κ1) is 16.1. The van der Waals surface area contributed by atoms with E-state index < -0.39 is 0 Å². The maximum atomic E-state index is 12.3. The van der Waals surface area contributed by atoms with Gasteiger partial charge >= 0.3 is 0 Å². The Bertz CT molecular complexity index is 893. The second-order valence-electron chi connectivity index (χ2n) is 6.38. The van der Waals surface area contributed by atoms with E-state index in [-0.39, 0.29) is 11.8 Å². The van der Waals surface area contributed by atoms with E-state index >= 15 is 0 Å². The van der Waals surface area contributed by atoms with E-state index in [1.54, 1.807) is 7.11 Å². The van der Waals surface area contributed by atoms with Gasteiger partial charge < -0.3 is 14.5 Å². The molecule has 130 valence electrons. The van der Waals surface area contributed by atoms with Crippen molar-refractivity contribution < 1.29 is 13.9 Å². The van der Waals surface area contributed by atoms with Crippen molar-refractivity contribution >= 4 is 33.3 Å². The number of nitrogens with zero attached hydrogens (tertiary/aromatic N) is 1. The number of hydrogen-bond acceptors (Lipinski definition) is 5. The third kappa shape index (κ3) is 3.39. The number of thiazole rings is 1. The third-order valence-corrected chi connectivity index (χ3v) is 5.45. The van der Waals surface area contributed by atoms with Gasteiger partial charge in [-0.2, -0.15) is 0 Å². The number of methoxy groups -OCH3 is 1. The van der Waals surface area contributed by atoms with Crippen molar-refractivity contribution in [3.05, 3.63) is 29.6 Å². The topological polar surface area (TPSA) is 64.4 Å². The molecule has 1 saturated carbocycles. The van der Waals surface area contributed by atoms with Gasteiger partial charge in [-0.25, -0.2) is 4.98 Å². The van der Waals surface area contributed by atoms with E-state index in [2.05, 4.69) is 10.3 Å². The summed E-state index contributed by atoms with van der Waals surface area (Å²) < 4.78 is 11.1. The molecule has 0 saturated heterocycles. The summed E-state index contributed by atoms with van der Waals surface area (Å²) in [5.74, 6) is 1.67. The van der Waals surface area contributed by atoms with Gasteiger partial charge in [0.1, 0.15) is 17.0 Å². The quantitative estimate of drug-likeness (QED) is 0.708. The Morgan fingerprint density at radius 2 is 2.12 bits per heavy atom. The van der Waals surface area contributed by atoms with E-state index in [0.29, 0.717) is 10.9 Å². The number of amides is 1. The van der Waals surface area contributed by atoms with Gasteiger partial charge in [-0.1, -0.05) is 19.3 Å². The van der Waals surface area contributed by atoms with Gasteiger partial charge in [-0.3, -0.25) is 4.79 Å². The molecule has 0 bridgehead atoms. The summed E-state index contributed by atoms with van der Waals surface area (Å²) in [5, 5.41) is 6.49. The van der Waals surface area contributed by atoms with E-state index in [0.717, 1.165) is 48.1 Å². The largest absolute Gasteiger partial charge is 0.497 e. The lowest BCUT2D eigenvalue weighted by molar-refractivity contribution is -0.120. The van der Waals surface area contributed by atoms with E-state index in [1.807, 2.05) is 29.6 Å². The van der Waals surface area contributed by atoms with Crippen molar-refractivity contribution in [2.75, 3.05) is 12.4 Å². The fourth-order valence-electron chi connectivity index (χ4n) is 3.28. The standard InChI is InChI=1S/C19H20N2O3S/c1-23-14-8-7-13-9-17(24-16(13)10-14)15-11-25-19(20-15)21-18(22)12-5-3-2-4-6-12/h7-12H,2-6H2,1H3,(H,20,21,22). The molecule has 1 aliphatic carbocycles. The first-order valence-corrected chi connectivity index (χ1v) is 9.45. The molecular formula is C19H20N2O3S. The van der Waals surface area contributed by atoms with Crippen LogP contribution in [-0.2, 0) is 4.79 Å². The molecule has 2 heterocycles. The summed E-state index contributed by atoms with van der Waals surface area (Å²) in [7, 11) is 1.63. The minimum atomic E-state index is 0.0925. The van der Waals surface area contributed by atoms with Crippen LogP contribution in [0.2, 0.25) is 0 Å². The molecule has 0 atom stereocenters. The van der Waals surface area contributed by atoms with Gasteiger partial charge in [0.15, 0.2) is 10.9 Å². The number of aromatic nitrogens is 1. The molecule has 5 nitrogen and oxygen atoms in total. The van der Waals surface area contributed by atoms with Gasteiger partial charge in [0.2, 0.25) is 5.91 Å².